The molecule has 1 amide bonds. The summed E-state index contributed by atoms with van der Waals surface area (Å²) in [5, 5.41) is 6.97. The molecule has 3 aromatic carbocycles. The van der Waals surface area contributed by atoms with Crippen LogP contribution in [0, 0.1) is 31.6 Å². The first-order chi connectivity index (χ1) is 15.6. The fraction of sp³-hybridized carbons (Fsp3) is 0.345. The first-order valence-electron chi connectivity index (χ1n) is 11.9. The lowest BCUT2D eigenvalue weighted by Crippen LogP contribution is -2.35. The van der Waals surface area contributed by atoms with Crippen molar-refractivity contribution in [3.63, 3.8) is 0 Å². The van der Waals surface area contributed by atoms with Crippen molar-refractivity contribution in [2.24, 2.45) is 17.8 Å². The largest absolute Gasteiger partial charge is 0.378 e. The van der Waals surface area contributed by atoms with Crippen molar-refractivity contribution in [3.05, 3.63) is 94.5 Å². The molecule has 0 radical (unpaired) electrons. The number of carbonyl (C=O) groups excluding carboxylic acids is 1. The molecule has 2 saturated carbocycles. The van der Waals surface area contributed by atoms with Crippen molar-refractivity contribution >= 4 is 17.3 Å². The van der Waals surface area contributed by atoms with Crippen LogP contribution in [-0.2, 0) is 0 Å². The minimum atomic E-state index is -0.0269. The Bertz CT molecular complexity index is 1190. The lowest BCUT2D eigenvalue weighted by molar-refractivity contribution is 0.102. The van der Waals surface area contributed by atoms with Gasteiger partial charge in [0.1, 0.15) is 0 Å². The topological polar surface area (TPSA) is 41.1 Å². The van der Waals surface area contributed by atoms with Crippen molar-refractivity contribution in [1.29, 1.82) is 0 Å². The highest BCUT2D eigenvalue weighted by Gasteiger charge is 2.53. The van der Waals surface area contributed by atoms with E-state index in [-0.39, 0.29) is 5.91 Å². The van der Waals surface area contributed by atoms with Gasteiger partial charge in [0.15, 0.2) is 0 Å². The predicted octanol–water partition coefficient (Wildman–Crippen LogP) is 6.85. The molecule has 0 aromatic heterocycles. The van der Waals surface area contributed by atoms with Gasteiger partial charge in [0.2, 0.25) is 0 Å². The number of benzene rings is 3. The van der Waals surface area contributed by atoms with Gasteiger partial charge in [-0.3, -0.25) is 4.79 Å². The first-order valence-corrected chi connectivity index (χ1v) is 11.9. The molecule has 1 heterocycles. The SMILES string of the molecule is Cc1ccc(NC(=O)c2ccc3c(c2)[C@@H]2[C@H]4CC[C@@H](C4)[C@@H]2[C@@H](c2ccccc2)N3)cc1C. The first kappa shape index (κ1) is 19.6. The molecule has 3 aliphatic rings. The summed E-state index contributed by atoms with van der Waals surface area (Å²) in [5.74, 6) is 2.66. The molecule has 32 heavy (non-hydrogen) atoms. The lowest BCUT2D eigenvalue weighted by Gasteiger charge is -2.43. The molecule has 2 N–H and O–H groups in total. The molecule has 0 unspecified atom stereocenters. The number of hydrogen-bond donors (Lipinski definition) is 2. The van der Waals surface area contributed by atoms with Gasteiger partial charge in [0.05, 0.1) is 6.04 Å². The smallest absolute Gasteiger partial charge is 0.255 e. The normalized spacial score (nSPS) is 27.4. The zero-order valence-electron chi connectivity index (χ0n) is 18.8. The van der Waals surface area contributed by atoms with Crippen molar-refractivity contribution in [1.82, 2.24) is 0 Å². The fourth-order valence-corrected chi connectivity index (χ4v) is 6.64. The zero-order chi connectivity index (χ0) is 21.8. The van der Waals surface area contributed by atoms with Gasteiger partial charge in [-0.1, -0.05) is 36.4 Å². The number of anilines is 2. The van der Waals surface area contributed by atoms with E-state index < -0.39 is 0 Å². The van der Waals surface area contributed by atoms with E-state index in [1.54, 1.807) is 0 Å². The van der Waals surface area contributed by atoms with Gasteiger partial charge in [-0.05, 0) is 109 Å². The fourth-order valence-electron chi connectivity index (χ4n) is 6.64. The average molecular weight is 423 g/mol. The van der Waals surface area contributed by atoms with Crippen molar-refractivity contribution in [2.75, 3.05) is 10.6 Å². The Balaban J connectivity index is 1.34. The summed E-state index contributed by atoms with van der Waals surface area (Å²) in [7, 11) is 0. The van der Waals surface area contributed by atoms with Gasteiger partial charge in [-0.2, -0.15) is 0 Å². The molecule has 2 bridgehead atoms. The van der Waals surface area contributed by atoms with Gasteiger partial charge in [-0.15, -0.1) is 0 Å². The minimum absolute atomic E-state index is 0.0269. The van der Waals surface area contributed by atoms with Gasteiger partial charge in [-0.25, -0.2) is 0 Å². The number of rotatable bonds is 3. The Morgan fingerprint density at radius 1 is 0.906 bits per heavy atom. The van der Waals surface area contributed by atoms with E-state index in [4.69, 9.17) is 0 Å². The van der Waals surface area contributed by atoms with Crippen LogP contribution in [0.5, 0.6) is 0 Å². The predicted molar refractivity (Wildman–Crippen MR) is 130 cm³/mol. The zero-order valence-corrected chi connectivity index (χ0v) is 18.8. The van der Waals surface area contributed by atoms with Crippen LogP contribution in [0.25, 0.3) is 0 Å². The second-order valence-electron chi connectivity index (χ2n) is 10.0. The summed E-state index contributed by atoms with van der Waals surface area (Å²) in [5.41, 5.74) is 7.97. The molecule has 6 rings (SSSR count). The van der Waals surface area contributed by atoms with Crippen molar-refractivity contribution in [2.45, 2.75) is 45.1 Å². The Kier molecular flexibility index (Phi) is 4.60. The Hall–Kier alpha value is -3.07. The van der Waals surface area contributed by atoms with Crippen LogP contribution >= 0.6 is 0 Å². The van der Waals surface area contributed by atoms with Gasteiger partial charge in [0.25, 0.3) is 5.91 Å². The summed E-state index contributed by atoms with van der Waals surface area (Å²) < 4.78 is 0. The van der Waals surface area contributed by atoms with Crippen LogP contribution < -0.4 is 10.6 Å². The van der Waals surface area contributed by atoms with Gasteiger partial charge >= 0.3 is 0 Å². The maximum Gasteiger partial charge on any atom is 0.255 e. The second-order valence-corrected chi connectivity index (χ2v) is 10.0. The molecule has 3 heteroatoms. The van der Waals surface area contributed by atoms with Crippen LogP contribution in [0.4, 0.5) is 11.4 Å². The third-order valence-electron chi connectivity index (χ3n) is 8.27. The molecular formula is C29H30N2O. The summed E-state index contributed by atoms with van der Waals surface area (Å²) in [6.45, 7) is 4.17. The van der Waals surface area contributed by atoms with Crippen LogP contribution in [0.2, 0.25) is 0 Å². The van der Waals surface area contributed by atoms with E-state index in [0.717, 1.165) is 23.1 Å². The number of aryl methyl sites for hydroxylation is 2. The Labute approximate surface area is 190 Å². The van der Waals surface area contributed by atoms with E-state index in [0.29, 0.717) is 17.9 Å². The van der Waals surface area contributed by atoms with Crippen LogP contribution in [0.3, 0.4) is 0 Å². The average Bonchev–Trinajstić information content (AvgIpc) is 3.44. The molecule has 0 saturated heterocycles. The minimum Gasteiger partial charge on any atom is -0.378 e. The van der Waals surface area contributed by atoms with Crippen LogP contribution in [-0.4, -0.2) is 5.91 Å². The van der Waals surface area contributed by atoms with E-state index in [9.17, 15) is 4.79 Å². The summed E-state index contributed by atoms with van der Waals surface area (Å²) in [6.07, 6.45) is 4.00. The van der Waals surface area contributed by atoms with E-state index in [1.807, 2.05) is 18.2 Å². The Morgan fingerprint density at radius 3 is 2.53 bits per heavy atom. The monoisotopic (exact) mass is 422 g/mol. The Morgan fingerprint density at radius 2 is 1.72 bits per heavy atom. The number of fused-ring (bicyclic) bond motifs is 7. The molecule has 0 spiro atoms. The van der Waals surface area contributed by atoms with E-state index in [2.05, 4.69) is 73.0 Å². The molecule has 162 valence electrons. The molecule has 5 atom stereocenters. The molecule has 2 aliphatic carbocycles. The summed E-state index contributed by atoms with van der Waals surface area (Å²) in [6, 6.07) is 23.6. The molecule has 3 nitrogen and oxygen atoms in total. The van der Waals surface area contributed by atoms with Crippen molar-refractivity contribution in [3.8, 4) is 0 Å². The van der Waals surface area contributed by atoms with Gasteiger partial charge in [0, 0.05) is 16.9 Å². The maximum absolute atomic E-state index is 13.1. The highest BCUT2D eigenvalue weighted by molar-refractivity contribution is 6.04. The van der Waals surface area contributed by atoms with E-state index >= 15 is 0 Å². The van der Waals surface area contributed by atoms with Gasteiger partial charge < -0.3 is 10.6 Å². The van der Waals surface area contributed by atoms with Crippen LogP contribution in [0.1, 0.15) is 63.8 Å². The maximum atomic E-state index is 13.1. The van der Waals surface area contributed by atoms with Crippen LogP contribution in [0.15, 0.2) is 66.7 Å². The molecule has 3 aromatic rings. The van der Waals surface area contributed by atoms with E-state index in [1.165, 1.54) is 47.2 Å². The number of amides is 1. The lowest BCUT2D eigenvalue weighted by atomic mass is 9.68. The standard InChI is InChI=1S/C29H30N2O/c1-17-8-12-23(14-18(17)2)30-29(32)22-11-13-25-24(16-22)26-20-9-10-21(15-20)27(26)28(31-25)19-6-4-3-5-7-19/h3-8,11-14,16,20-21,26-28,31H,9-10,15H2,1-2H3,(H,30,32)/t20-,21-,26-,27-,28+/m0/s1. The number of nitrogens with one attached hydrogen (secondary N) is 2. The van der Waals surface area contributed by atoms with Crippen molar-refractivity contribution < 1.29 is 4.79 Å². The third kappa shape index (κ3) is 3.14. The summed E-state index contributed by atoms with van der Waals surface area (Å²) in [4.78, 5) is 13.1. The quantitative estimate of drug-likeness (QED) is 0.484. The molecule has 2 fully saturated rings. The number of carbonyl (C=O) groups is 1. The molecular weight excluding hydrogens is 392 g/mol. The number of hydrogen-bond acceptors (Lipinski definition) is 2. The third-order valence-corrected chi connectivity index (χ3v) is 8.27. The summed E-state index contributed by atoms with van der Waals surface area (Å²) >= 11 is 0. The molecule has 1 aliphatic heterocycles. The second kappa shape index (κ2) is 7.51. The highest BCUT2D eigenvalue weighted by Crippen LogP contribution is 2.63. The highest BCUT2D eigenvalue weighted by atomic mass is 16.1.